The predicted molar refractivity (Wildman–Crippen MR) is 67.4 cm³/mol. The van der Waals surface area contributed by atoms with Crippen LogP contribution in [0.3, 0.4) is 0 Å². The first-order chi connectivity index (χ1) is 6.31. The predicted octanol–water partition coefficient (Wildman–Crippen LogP) is 4.13. The van der Waals surface area contributed by atoms with Crippen molar-refractivity contribution in [3.05, 3.63) is 0 Å². The van der Waals surface area contributed by atoms with E-state index in [0.29, 0.717) is 10.1 Å². The van der Waals surface area contributed by atoms with Crippen LogP contribution in [0, 0.1) is 0 Å². The molecule has 14 heavy (non-hydrogen) atoms. The molecule has 0 amide bonds. The highest BCUT2D eigenvalue weighted by atomic mass is 28.3. The van der Waals surface area contributed by atoms with Gasteiger partial charge in [-0.05, 0) is 17.0 Å². The molecule has 0 aromatic rings. The summed E-state index contributed by atoms with van der Waals surface area (Å²) < 4.78 is 6.09. The minimum atomic E-state index is -1.15. The Bertz CT molecular complexity index is 148. The summed E-state index contributed by atoms with van der Waals surface area (Å²) >= 11 is 0. The second-order valence-corrected chi connectivity index (χ2v) is 9.74. The van der Waals surface area contributed by atoms with Gasteiger partial charge in [0.25, 0.3) is 0 Å². The van der Waals surface area contributed by atoms with Crippen molar-refractivity contribution in [2.75, 3.05) is 6.61 Å². The lowest BCUT2D eigenvalue weighted by Crippen LogP contribution is -2.40. The highest BCUT2D eigenvalue weighted by Crippen LogP contribution is 2.47. The first-order valence-corrected chi connectivity index (χ1v) is 7.56. The molecular weight excluding hydrogens is 188 g/mol. The molecule has 0 heterocycles. The van der Waals surface area contributed by atoms with Crippen LogP contribution < -0.4 is 0 Å². The molecule has 0 aliphatic rings. The smallest absolute Gasteiger partial charge is 0.187 e. The van der Waals surface area contributed by atoms with Crippen molar-refractivity contribution in [2.24, 2.45) is 0 Å². The number of hydrogen-bond donors (Lipinski definition) is 0. The van der Waals surface area contributed by atoms with E-state index >= 15 is 0 Å². The second-order valence-electron chi connectivity index (χ2n) is 5.52. The molecule has 0 unspecified atom stereocenters. The Morgan fingerprint density at radius 3 is 1.43 bits per heavy atom. The van der Waals surface area contributed by atoms with Gasteiger partial charge in [-0.25, -0.2) is 0 Å². The van der Waals surface area contributed by atoms with E-state index in [4.69, 9.17) is 4.43 Å². The average Bonchev–Trinajstić information content (AvgIpc) is 2.13. The number of rotatable bonds is 6. The van der Waals surface area contributed by atoms with Crippen molar-refractivity contribution in [1.29, 1.82) is 0 Å². The van der Waals surface area contributed by atoms with E-state index in [0.717, 1.165) is 6.61 Å². The molecule has 0 fully saturated rings. The molecule has 0 radical (unpaired) electrons. The van der Waals surface area contributed by atoms with Gasteiger partial charge in [-0.1, -0.05) is 54.4 Å². The lowest BCUT2D eigenvalue weighted by molar-refractivity contribution is 0.289. The maximum Gasteiger partial charge on any atom is 0.187 e. The van der Waals surface area contributed by atoms with Crippen LogP contribution in [0.4, 0.5) is 0 Å². The minimum Gasteiger partial charge on any atom is -0.419 e. The van der Waals surface area contributed by atoms with E-state index in [9.17, 15) is 0 Å². The van der Waals surface area contributed by atoms with Gasteiger partial charge in [-0.2, -0.15) is 0 Å². The van der Waals surface area contributed by atoms with Crippen LogP contribution in [0.2, 0.25) is 10.1 Å². The summed E-state index contributed by atoms with van der Waals surface area (Å²) in [6.45, 7) is 17.1. The fourth-order valence-electron chi connectivity index (χ4n) is 2.05. The molecule has 0 rings (SSSR count). The normalized spacial score (nSPS) is 13.7. The van der Waals surface area contributed by atoms with Gasteiger partial charge >= 0.3 is 0 Å². The summed E-state index contributed by atoms with van der Waals surface area (Å²) in [6, 6.07) is 0. The van der Waals surface area contributed by atoms with Crippen LogP contribution >= 0.6 is 0 Å². The molecule has 0 N–H and O–H groups in total. The van der Waals surface area contributed by atoms with Gasteiger partial charge in [-0.15, -0.1) is 0 Å². The molecule has 1 nitrogen and oxygen atoms in total. The third kappa shape index (κ3) is 3.39. The van der Waals surface area contributed by atoms with Crippen LogP contribution in [0.5, 0.6) is 0 Å². The summed E-state index contributed by atoms with van der Waals surface area (Å²) in [4.78, 5) is 0. The van der Waals surface area contributed by atoms with Crippen molar-refractivity contribution >= 4 is 9.04 Å². The fourth-order valence-corrected chi connectivity index (χ4v) is 6.14. The Kier molecular flexibility index (Phi) is 5.38. The Morgan fingerprint density at radius 2 is 1.21 bits per heavy atom. The maximum atomic E-state index is 6.09. The summed E-state index contributed by atoms with van der Waals surface area (Å²) in [7, 11) is -1.15. The zero-order valence-corrected chi connectivity index (χ0v) is 12.3. The van der Waals surface area contributed by atoms with Crippen LogP contribution in [0.1, 0.15) is 61.3 Å². The molecular formula is C12H28OSi. The largest absolute Gasteiger partial charge is 0.419 e. The first kappa shape index (κ1) is 14.2. The summed E-state index contributed by atoms with van der Waals surface area (Å²) in [5.41, 5.74) is 0. The van der Waals surface area contributed by atoms with Gasteiger partial charge < -0.3 is 4.43 Å². The Morgan fingerprint density at radius 1 is 0.857 bits per heavy atom. The standard InChI is InChI=1S/C12H28OSi/c1-8-11(4,5)14(13-10-3)12(6,7)9-2/h14H,8-10H2,1-7H3. The van der Waals surface area contributed by atoms with E-state index in [-0.39, 0.29) is 0 Å². The molecule has 0 saturated heterocycles. The van der Waals surface area contributed by atoms with Crippen LogP contribution in [-0.4, -0.2) is 15.6 Å². The molecule has 0 spiro atoms. The van der Waals surface area contributed by atoms with E-state index in [2.05, 4.69) is 48.5 Å². The molecule has 0 aromatic heterocycles. The quantitative estimate of drug-likeness (QED) is 0.607. The van der Waals surface area contributed by atoms with Crippen LogP contribution in [0.15, 0.2) is 0 Å². The highest BCUT2D eigenvalue weighted by Gasteiger charge is 2.41. The van der Waals surface area contributed by atoms with E-state index in [1.54, 1.807) is 0 Å². The van der Waals surface area contributed by atoms with Gasteiger partial charge in [0.2, 0.25) is 0 Å². The monoisotopic (exact) mass is 216 g/mol. The van der Waals surface area contributed by atoms with Crippen LogP contribution in [0.25, 0.3) is 0 Å². The van der Waals surface area contributed by atoms with Gasteiger partial charge in [0, 0.05) is 6.61 Å². The molecule has 0 saturated carbocycles. The lowest BCUT2D eigenvalue weighted by atomic mass is 10.1. The van der Waals surface area contributed by atoms with Crippen molar-refractivity contribution in [1.82, 2.24) is 0 Å². The van der Waals surface area contributed by atoms with Gasteiger partial charge in [-0.3, -0.25) is 0 Å². The van der Waals surface area contributed by atoms with Crippen molar-refractivity contribution in [3.8, 4) is 0 Å². The molecule has 2 heteroatoms. The Balaban J connectivity index is 4.75. The molecule has 0 bridgehead atoms. The first-order valence-electron chi connectivity index (χ1n) is 5.93. The van der Waals surface area contributed by atoms with Gasteiger partial charge in [0.15, 0.2) is 9.04 Å². The van der Waals surface area contributed by atoms with Crippen molar-refractivity contribution in [2.45, 2.75) is 71.4 Å². The minimum absolute atomic E-state index is 0.412. The highest BCUT2D eigenvalue weighted by molar-refractivity contribution is 6.58. The summed E-state index contributed by atoms with van der Waals surface area (Å²) in [6.07, 6.45) is 2.46. The third-order valence-electron chi connectivity index (χ3n) is 3.58. The Hall–Kier alpha value is 0.177. The van der Waals surface area contributed by atoms with Gasteiger partial charge in [0.1, 0.15) is 0 Å². The van der Waals surface area contributed by atoms with Crippen LogP contribution in [-0.2, 0) is 4.43 Å². The third-order valence-corrected chi connectivity index (χ3v) is 7.90. The second kappa shape index (κ2) is 5.31. The van der Waals surface area contributed by atoms with E-state index in [1.165, 1.54) is 12.8 Å². The SMILES string of the molecule is CCO[SiH](C(C)(C)CC)C(C)(C)CC. The Labute approximate surface area is 92.0 Å². The summed E-state index contributed by atoms with van der Waals surface area (Å²) in [5.74, 6) is 0. The maximum absolute atomic E-state index is 6.09. The molecule has 0 atom stereocenters. The molecule has 0 aliphatic carbocycles. The lowest BCUT2D eigenvalue weighted by Gasteiger charge is -2.41. The topological polar surface area (TPSA) is 9.23 Å². The summed E-state index contributed by atoms with van der Waals surface area (Å²) in [5, 5.41) is 0.824. The van der Waals surface area contributed by atoms with Crippen molar-refractivity contribution in [3.63, 3.8) is 0 Å². The van der Waals surface area contributed by atoms with Crippen molar-refractivity contribution < 1.29 is 4.43 Å². The van der Waals surface area contributed by atoms with E-state index in [1.807, 2.05) is 0 Å². The zero-order chi connectivity index (χ0) is 11.4. The fraction of sp³-hybridized carbons (Fsp3) is 1.00. The molecule has 0 aromatic carbocycles. The van der Waals surface area contributed by atoms with Gasteiger partial charge in [0.05, 0.1) is 0 Å². The van der Waals surface area contributed by atoms with E-state index < -0.39 is 9.04 Å². The number of hydrogen-bond acceptors (Lipinski definition) is 1. The molecule has 0 aliphatic heterocycles. The average molecular weight is 216 g/mol. The zero-order valence-electron chi connectivity index (χ0n) is 11.1. The molecule has 86 valence electrons.